The van der Waals surface area contributed by atoms with E-state index in [0.29, 0.717) is 11.8 Å². The van der Waals surface area contributed by atoms with E-state index in [9.17, 15) is 0 Å². The second kappa shape index (κ2) is 5.09. The lowest BCUT2D eigenvalue weighted by Crippen LogP contribution is -2.09. The van der Waals surface area contributed by atoms with Gasteiger partial charge in [0.2, 0.25) is 0 Å². The molecule has 0 aliphatic carbocycles. The van der Waals surface area contributed by atoms with Gasteiger partial charge in [0.25, 0.3) is 0 Å². The summed E-state index contributed by atoms with van der Waals surface area (Å²) in [6.07, 6.45) is 2.26. The topological polar surface area (TPSA) is 9.23 Å². The van der Waals surface area contributed by atoms with Gasteiger partial charge in [-0.1, -0.05) is 25.1 Å². The minimum atomic E-state index is 0.271. The standard InChI is InChI=1S/C14H19ClO/c1-10(7-11(2)15)8-12-9-16-14-6-4-3-5-13(12)14/h3-6,10-12H,7-9H2,1-2H3. The van der Waals surface area contributed by atoms with E-state index < -0.39 is 0 Å². The fourth-order valence-corrected chi connectivity index (χ4v) is 2.86. The summed E-state index contributed by atoms with van der Waals surface area (Å²) in [4.78, 5) is 0. The number of ether oxygens (including phenoxy) is 1. The molecule has 1 aliphatic heterocycles. The van der Waals surface area contributed by atoms with Gasteiger partial charge in [0, 0.05) is 16.9 Å². The molecule has 0 amide bonds. The molecule has 16 heavy (non-hydrogen) atoms. The summed E-state index contributed by atoms with van der Waals surface area (Å²) in [5.74, 6) is 2.28. The summed E-state index contributed by atoms with van der Waals surface area (Å²) >= 11 is 6.03. The lowest BCUT2D eigenvalue weighted by molar-refractivity contribution is 0.306. The molecular weight excluding hydrogens is 220 g/mol. The molecule has 3 unspecified atom stereocenters. The Morgan fingerprint density at radius 3 is 2.88 bits per heavy atom. The molecule has 88 valence electrons. The molecule has 1 aromatic rings. The van der Waals surface area contributed by atoms with Gasteiger partial charge >= 0.3 is 0 Å². The van der Waals surface area contributed by atoms with Crippen molar-refractivity contribution in [2.75, 3.05) is 6.61 Å². The van der Waals surface area contributed by atoms with Crippen LogP contribution < -0.4 is 4.74 Å². The first-order valence-corrected chi connectivity index (χ1v) is 6.46. The van der Waals surface area contributed by atoms with Gasteiger partial charge in [0.05, 0.1) is 6.61 Å². The predicted molar refractivity (Wildman–Crippen MR) is 68.4 cm³/mol. The molecule has 0 fully saturated rings. The number of fused-ring (bicyclic) bond motifs is 1. The van der Waals surface area contributed by atoms with Gasteiger partial charge in [-0.05, 0) is 31.7 Å². The highest BCUT2D eigenvalue weighted by atomic mass is 35.5. The van der Waals surface area contributed by atoms with Crippen molar-refractivity contribution in [1.29, 1.82) is 0 Å². The van der Waals surface area contributed by atoms with Crippen LogP contribution in [0.5, 0.6) is 5.75 Å². The SMILES string of the molecule is CC(Cl)CC(C)CC1COc2ccccc21. The Morgan fingerprint density at radius 1 is 1.38 bits per heavy atom. The number of halogens is 1. The summed E-state index contributed by atoms with van der Waals surface area (Å²) < 4.78 is 5.68. The number of hydrogen-bond donors (Lipinski definition) is 0. The first-order chi connectivity index (χ1) is 7.66. The summed E-state index contributed by atoms with van der Waals surface area (Å²) in [6, 6.07) is 8.37. The molecule has 0 saturated heterocycles. The van der Waals surface area contributed by atoms with Crippen LogP contribution >= 0.6 is 11.6 Å². The summed E-state index contributed by atoms with van der Waals surface area (Å²) in [6.45, 7) is 5.18. The molecule has 1 aromatic carbocycles. The van der Waals surface area contributed by atoms with Crippen LogP contribution in [0.2, 0.25) is 0 Å². The Bertz CT molecular complexity index is 348. The number of para-hydroxylation sites is 1. The van der Waals surface area contributed by atoms with E-state index in [-0.39, 0.29) is 5.38 Å². The van der Waals surface area contributed by atoms with E-state index >= 15 is 0 Å². The summed E-state index contributed by atoms with van der Waals surface area (Å²) in [7, 11) is 0. The Kier molecular flexibility index (Phi) is 3.75. The minimum absolute atomic E-state index is 0.271. The van der Waals surface area contributed by atoms with Crippen LogP contribution in [0.25, 0.3) is 0 Å². The van der Waals surface area contributed by atoms with Gasteiger partial charge < -0.3 is 4.74 Å². The normalized spacial score (nSPS) is 22.3. The molecule has 2 rings (SSSR count). The van der Waals surface area contributed by atoms with E-state index in [1.54, 1.807) is 0 Å². The summed E-state index contributed by atoms with van der Waals surface area (Å²) in [5, 5.41) is 0.271. The van der Waals surface area contributed by atoms with E-state index in [1.165, 1.54) is 12.0 Å². The lowest BCUT2D eigenvalue weighted by atomic mass is 9.89. The second-order valence-electron chi connectivity index (χ2n) is 4.90. The van der Waals surface area contributed by atoms with Crippen LogP contribution in [0.1, 0.15) is 38.2 Å². The molecule has 0 radical (unpaired) electrons. The average Bonchev–Trinajstić information content (AvgIpc) is 2.61. The maximum Gasteiger partial charge on any atom is 0.122 e. The van der Waals surface area contributed by atoms with Crippen molar-refractivity contribution in [3.63, 3.8) is 0 Å². The first-order valence-electron chi connectivity index (χ1n) is 6.02. The number of alkyl halides is 1. The average molecular weight is 239 g/mol. The minimum Gasteiger partial charge on any atom is -0.493 e. The third-order valence-electron chi connectivity index (χ3n) is 3.21. The molecule has 1 heterocycles. The van der Waals surface area contributed by atoms with Crippen molar-refractivity contribution in [2.45, 2.75) is 38.0 Å². The van der Waals surface area contributed by atoms with Gasteiger partial charge in [0.1, 0.15) is 5.75 Å². The Morgan fingerprint density at radius 2 is 2.12 bits per heavy atom. The molecule has 3 atom stereocenters. The molecular formula is C14H19ClO. The van der Waals surface area contributed by atoms with Crippen LogP contribution in [0.4, 0.5) is 0 Å². The maximum atomic E-state index is 6.03. The van der Waals surface area contributed by atoms with Gasteiger partial charge in [-0.25, -0.2) is 0 Å². The van der Waals surface area contributed by atoms with Crippen molar-refractivity contribution in [3.8, 4) is 5.75 Å². The van der Waals surface area contributed by atoms with Crippen LogP contribution in [0.3, 0.4) is 0 Å². The highest BCUT2D eigenvalue weighted by Gasteiger charge is 2.25. The number of benzene rings is 1. The zero-order valence-electron chi connectivity index (χ0n) is 9.95. The maximum absolute atomic E-state index is 6.03. The van der Waals surface area contributed by atoms with Gasteiger partial charge in [-0.3, -0.25) is 0 Å². The fourth-order valence-electron chi connectivity index (χ4n) is 2.56. The van der Waals surface area contributed by atoms with Gasteiger partial charge in [-0.15, -0.1) is 11.6 Å². The largest absolute Gasteiger partial charge is 0.493 e. The molecule has 1 aliphatic rings. The third-order valence-corrected chi connectivity index (χ3v) is 3.39. The van der Waals surface area contributed by atoms with Gasteiger partial charge in [0.15, 0.2) is 0 Å². The first kappa shape index (κ1) is 11.8. The number of rotatable bonds is 4. The zero-order valence-corrected chi connectivity index (χ0v) is 10.7. The van der Waals surface area contributed by atoms with Crippen LogP contribution in [0.15, 0.2) is 24.3 Å². The van der Waals surface area contributed by atoms with Crippen molar-refractivity contribution in [1.82, 2.24) is 0 Å². The van der Waals surface area contributed by atoms with Crippen molar-refractivity contribution < 1.29 is 4.74 Å². The predicted octanol–water partition coefficient (Wildman–Crippen LogP) is 4.21. The molecule has 0 spiro atoms. The van der Waals surface area contributed by atoms with Crippen molar-refractivity contribution in [2.24, 2.45) is 5.92 Å². The lowest BCUT2D eigenvalue weighted by Gasteiger charge is -2.16. The van der Waals surface area contributed by atoms with Crippen molar-refractivity contribution >= 4 is 11.6 Å². The Hall–Kier alpha value is -0.690. The monoisotopic (exact) mass is 238 g/mol. The fraction of sp³-hybridized carbons (Fsp3) is 0.571. The third kappa shape index (κ3) is 2.70. The summed E-state index contributed by atoms with van der Waals surface area (Å²) in [5.41, 5.74) is 1.37. The zero-order chi connectivity index (χ0) is 11.5. The molecule has 0 saturated carbocycles. The van der Waals surface area contributed by atoms with E-state index in [0.717, 1.165) is 18.8 Å². The molecule has 0 N–H and O–H groups in total. The quantitative estimate of drug-likeness (QED) is 0.715. The molecule has 2 heteroatoms. The van der Waals surface area contributed by atoms with E-state index in [1.807, 2.05) is 6.07 Å². The van der Waals surface area contributed by atoms with E-state index in [2.05, 4.69) is 32.0 Å². The molecule has 1 nitrogen and oxygen atoms in total. The Balaban J connectivity index is 1.98. The van der Waals surface area contributed by atoms with Crippen LogP contribution in [-0.4, -0.2) is 12.0 Å². The van der Waals surface area contributed by atoms with Crippen LogP contribution in [-0.2, 0) is 0 Å². The Labute approximate surface area is 103 Å². The highest BCUT2D eigenvalue weighted by molar-refractivity contribution is 6.20. The van der Waals surface area contributed by atoms with Crippen molar-refractivity contribution in [3.05, 3.63) is 29.8 Å². The van der Waals surface area contributed by atoms with Crippen LogP contribution in [0, 0.1) is 5.92 Å². The smallest absolute Gasteiger partial charge is 0.122 e. The second-order valence-corrected chi connectivity index (χ2v) is 5.65. The van der Waals surface area contributed by atoms with Gasteiger partial charge in [-0.2, -0.15) is 0 Å². The highest BCUT2D eigenvalue weighted by Crippen LogP contribution is 2.37. The molecule has 0 bridgehead atoms. The van der Waals surface area contributed by atoms with E-state index in [4.69, 9.17) is 16.3 Å². The molecule has 0 aromatic heterocycles. The number of hydrogen-bond acceptors (Lipinski definition) is 1.